The van der Waals surface area contributed by atoms with Gasteiger partial charge < -0.3 is 10.7 Å². The molecular formula is C20H24N4O2S2. The summed E-state index contributed by atoms with van der Waals surface area (Å²) in [5.74, 6) is 0.461. The van der Waals surface area contributed by atoms with Crippen molar-refractivity contribution in [2.75, 3.05) is 5.73 Å². The van der Waals surface area contributed by atoms with Crippen molar-refractivity contribution in [3.05, 3.63) is 34.5 Å². The summed E-state index contributed by atoms with van der Waals surface area (Å²) in [7, 11) is -1.11. The highest BCUT2D eigenvalue weighted by atomic mass is 32.2. The van der Waals surface area contributed by atoms with Crippen LogP contribution in [-0.4, -0.2) is 24.4 Å². The number of hydrogen-bond donors (Lipinski definition) is 2. The van der Waals surface area contributed by atoms with E-state index >= 15 is 0 Å². The number of nitrogen functional groups attached to an aromatic ring is 1. The first kappa shape index (κ1) is 19.3. The van der Waals surface area contributed by atoms with Crippen LogP contribution >= 0.6 is 11.3 Å². The SMILES string of the molecule is CC1CCC1S(=O)c1sc2nc(-c3cnc(=O)[nH]c3)cc(C(C)(C)C)c2c1N. The van der Waals surface area contributed by atoms with E-state index in [4.69, 9.17) is 10.7 Å². The molecule has 0 bridgehead atoms. The zero-order valence-corrected chi connectivity index (χ0v) is 18.0. The van der Waals surface area contributed by atoms with Gasteiger partial charge in [0.1, 0.15) is 9.04 Å². The minimum atomic E-state index is -1.11. The maximum Gasteiger partial charge on any atom is 0.344 e. The fourth-order valence-corrected chi connectivity index (χ4v) is 6.86. The summed E-state index contributed by atoms with van der Waals surface area (Å²) in [4.78, 5) is 23.3. The van der Waals surface area contributed by atoms with Crippen molar-refractivity contribution >= 4 is 38.0 Å². The van der Waals surface area contributed by atoms with Gasteiger partial charge in [0.05, 0.1) is 22.2 Å². The summed E-state index contributed by atoms with van der Waals surface area (Å²) in [5.41, 5.74) is 9.05. The molecule has 28 heavy (non-hydrogen) atoms. The van der Waals surface area contributed by atoms with Crippen LogP contribution in [0.5, 0.6) is 0 Å². The molecule has 1 fully saturated rings. The predicted molar refractivity (Wildman–Crippen MR) is 115 cm³/mol. The lowest BCUT2D eigenvalue weighted by Crippen LogP contribution is -2.33. The highest BCUT2D eigenvalue weighted by molar-refractivity contribution is 7.88. The molecule has 3 aromatic heterocycles. The maximum absolute atomic E-state index is 13.1. The third kappa shape index (κ3) is 3.18. The number of aromatic amines is 1. The Labute approximate surface area is 170 Å². The van der Waals surface area contributed by atoms with Crippen LogP contribution in [0, 0.1) is 5.92 Å². The summed E-state index contributed by atoms with van der Waals surface area (Å²) in [6.07, 6.45) is 5.24. The molecule has 1 aliphatic rings. The van der Waals surface area contributed by atoms with E-state index in [0.717, 1.165) is 44.1 Å². The number of pyridine rings is 1. The standard InChI is InChI=1S/C20H24N4O2S2/c1-10-5-6-14(10)28(26)18-16(21)15-12(20(2,3)4)7-13(24-17(15)27-18)11-8-22-19(25)23-9-11/h7-10,14H,5-6,21H2,1-4H3,(H,22,23,25). The van der Waals surface area contributed by atoms with Gasteiger partial charge in [0.2, 0.25) is 0 Å². The first-order valence-corrected chi connectivity index (χ1v) is 11.4. The summed E-state index contributed by atoms with van der Waals surface area (Å²) >= 11 is 1.43. The van der Waals surface area contributed by atoms with Gasteiger partial charge >= 0.3 is 5.69 Å². The number of thiophene rings is 1. The molecule has 8 heteroatoms. The molecule has 148 valence electrons. The van der Waals surface area contributed by atoms with Crippen molar-refractivity contribution in [2.45, 2.75) is 55.4 Å². The average molecular weight is 417 g/mol. The monoisotopic (exact) mass is 416 g/mol. The van der Waals surface area contributed by atoms with Crippen molar-refractivity contribution < 1.29 is 4.21 Å². The number of rotatable bonds is 3. The van der Waals surface area contributed by atoms with Crippen molar-refractivity contribution in [3.8, 4) is 11.3 Å². The molecule has 0 aromatic carbocycles. The molecule has 3 aromatic rings. The third-order valence-corrected chi connectivity index (χ3v) is 8.91. The quantitative estimate of drug-likeness (QED) is 0.675. The first-order chi connectivity index (χ1) is 13.2. The lowest BCUT2D eigenvalue weighted by molar-refractivity contribution is 0.355. The normalized spacial score (nSPS) is 20.9. The van der Waals surface area contributed by atoms with Crippen LogP contribution in [0.2, 0.25) is 0 Å². The van der Waals surface area contributed by atoms with Crippen molar-refractivity contribution in [3.63, 3.8) is 0 Å². The van der Waals surface area contributed by atoms with Crippen LogP contribution in [0.3, 0.4) is 0 Å². The van der Waals surface area contributed by atoms with Crippen LogP contribution in [0.25, 0.3) is 21.5 Å². The Kier molecular flexibility index (Phi) is 4.66. The van der Waals surface area contributed by atoms with Gasteiger partial charge in [-0.15, -0.1) is 11.3 Å². The zero-order chi connectivity index (χ0) is 20.2. The molecule has 3 N–H and O–H groups in total. The number of nitrogens with zero attached hydrogens (tertiary/aromatic N) is 2. The first-order valence-electron chi connectivity index (χ1n) is 9.36. The van der Waals surface area contributed by atoms with E-state index in [1.165, 1.54) is 17.5 Å². The number of fused-ring (bicyclic) bond motifs is 1. The molecule has 1 saturated carbocycles. The Morgan fingerprint density at radius 2 is 2.07 bits per heavy atom. The molecular weight excluding hydrogens is 392 g/mol. The topological polar surface area (TPSA) is 102 Å². The van der Waals surface area contributed by atoms with Crippen LogP contribution < -0.4 is 11.4 Å². The fourth-order valence-electron chi connectivity index (χ4n) is 3.56. The highest BCUT2D eigenvalue weighted by Crippen LogP contribution is 2.45. The summed E-state index contributed by atoms with van der Waals surface area (Å²) < 4.78 is 13.9. The lowest BCUT2D eigenvalue weighted by atomic mass is 9.84. The molecule has 0 saturated heterocycles. The third-order valence-electron chi connectivity index (χ3n) is 5.44. The molecule has 0 aliphatic heterocycles. The Hall–Kier alpha value is -2.06. The minimum absolute atomic E-state index is 0.177. The van der Waals surface area contributed by atoms with Gasteiger partial charge in [-0.3, -0.25) is 4.21 Å². The van der Waals surface area contributed by atoms with Gasteiger partial charge in [0, 0.05) is 28.6 Å². The summed E-state index contributed by atoms with van der Waals surface area (Å²) in [5, 5.41) is 1.07. The van der Waals surface area contributed by atoms with Crippen molar-refractivity contribution in [2.24, 2.45) is 5.92 Å². The summed E-state index contributed by atoms with van der Waals surface area (Å²) in [6.45, 7) is 8.52. The minimum Gasteiger partial charge on any atom is -0.396 e. The Morgan fingerprint density at radius 3 is 2.61 bits per heavy atom. The van der Waals surface area contributed by atoms with Gasteiger partial charge in [-0.1, -0.05) is 27.7 Å². The average Bonchev–Trinajstić information content (AvgIpc) is 2.96. The van der Waals surface area contributed by atoms with Crippen molar-refractivity contribution in [1.82, 2.24) is 15.0 Å². The van der Waals surface area contributed by atoms with Gasteiger partial charge in [-0.2, -0.15) is 0 Å². The Morgan fingerprint density at radius 1 is 1.32 bits per heavy atom. The molecule has 3 atom stereocenters. The smallest absolute Gasteiger partial charge is 0.344 e. The number of aromatic nitrogens is 3. The number of H-pyrrole nitrogens is 1. The lowest BCUT2D eigenvalue weighted by Gasteiger charge is -2.32. The molecule has 6 nitrogen and oxygen atoms in total. The second-order valence-corrected chi connectivity index (χ2v) is 11.4. The predicted octanol–water partition coefficient (Wildman–Crippen LogP) is 3.83. The Bertz CT molecular complexity index is 1120. The molecule has 4 rings (SSSR count). The van der Waals surface area contributed by atoms with Gasteiger partial charge in [0.15, 0.2) is 0 Å². The van der Waals surface area contributed by atoms with Crippen molar-refractivity contribution in [1.29, 1.82) is 0 Å². The van der Waals surface area contributed by atoms with Crippen LogP contribution in [0.4, 0.5) is 5.69 Å². The van der Waals surface area contributed by atoms with Crippen LogP contribution in [-0.2, 0) is 16.2 Å². The molecule has 3 unspecified atom stereocenters. The van der Waals surface area contributed by atoms with E-state index in [9.17, 15) is 9.00 Å². The molecule has 0 amide bonds. The van der Waals surface area contributed by atoms with E-state index in [2.05, 4.69) is 37.7 Å². The van der Waals surface area contributed by atoms with E-state index in [1.807, 2.05) is 6.07 Å². The summed E-state index contributed by atoms with van der Waals surface area (Å²) in [6, 6.07) is 2.00. The van der Waals surface area contributed by atoms with E-state index in [0.29, 0.717) is 11.6 Å². The molecule has 3 heterocycles. The zero-order valence-electron chi connectivity index (χ0n) is 16.4. The van der Waals surface area contributed by atoms with Crippen LogP contribution in [0.1, 0.15) is 46.1 Å². The fraction of sp³-hybridized carbons (Fsp3) is 0.450. The highest BCUT2D eigenvalue weighted by Gasteiger charge is 2.35. The second-order valence-electron chi connectivity index (χ2n) is 8.49. The largest absolute Gasteiger partial charge is 0.396 e. The molecule has 0 radical (unpaired) electrons. The van der Waals surface area contributed by atoms with Gasteiger partial charge in [-0.05, 0) is 35.8 Å². The van der Waals surface area contributed by atoms with Gasteiger partial charge in [-0.25, -0.2) is 14.8 Å². The number of nitrogens with one attached hydrogen (secondary N) is 1. The second kappa shape index (κ2) is 6.77. The Balaban J connectivity index is 1.93. The molecule has 0 spiro atoms. The van der Waals surface area contributed by atoms with Crippen LogP contribution in [0.15, 0.2) is 27.5 Å². The van der Waals surface area contributed by atoms with E-state index in [-0.39, 0.29) is 10.7 Å². The van der Waals surface area contributed by atoms with E-state index in [1.54, 1.807) is 6.20 Å². The molecule has 1 aliphatic carbocycles. The maximum atomic E-state index is 13.1. The number of anilines is 1. The van der Waals surface area contributed by atoms with Gasteiger partial charge in [0.25, 0.3) is 0 Å². The number of hydrogen-bond acceptors (Lipinski definition) is 6. The number of nitrogens with two attached hydrogens (primary N) is 1. The van der Waals surface area contributed by atoms with E-state index < -0.39 is 16.5 Å².